The van der Waals surface area contributed by atoms with Gasteiger partial charge in [0, 0.05) is 0 Å². The molecule has 0 heterocycles. The quantitative estimate of drug-likeness (QED) is 0.171. The number of benzene rings is 3. The van der Waals surface area contributed by atoms with Crippen LogP contribution >= 0.6 is 0 Å². The van der Waals surface area contributed by atoms with Gasteiger partial charge in [-0.05, 0) is 16.7 Å². The summed E-state index contributed by atoms with van der Waals surface area (Å²) in [7, 11) is 0. The van der Waals surface area contributed by atoms with Gasteiger partial charge in [-0.1, -0.05) is 102 Å². The van der Waals surface area contributed by atoms with Gasteiger partial charge in [0.15, 0.2) is 0 Å². The van der Waals surface area contributed by atoms with Crippen molar-refractivity contribution in [1.82, 2.24) is 0 Å². The third-order valence-electron chi connectivity index (χ3n) is 4.95. The SMILES string of the molecule is C=C[C@@H](OCc1ccccc1)[C@H](OCc1ccccc1)[C@@H](/C=N/O)OCc1ccccc1. The van der Waals surface area contributed by atoms with Gasteiger partial charge in [0.25, 0.3) is 0 Å². The molecule has 0 unspecified atom stereocenters. The van der Waals surface area contributed by atoms with Crippen LogP contribution in [-0.2, 0) is 34.0 Å². The molecule has 5 nitrogen and oxygen atoms in total. The van der Waals surface area contributed by atoms with Crippen molar-refractivity contribution < 1.29 is 19.4 Å². The molecule has 0 fully saturated rings. The molecule has 0 saturated carbocycles. The number of hydrogen-bond donors (Lipinski definition) is 1. The second kappa shape index (κ2) is 13.2. The van der Waals surface area contributed by atoms with Gasteiger partial charge < -0.3 is 19.4 Å². The topological polar surface area (TPSA) is 60.3 Å². The number of oxime groups is 1. The zero-order chi connectivity index (χ0) is 22.4. The summed E-state index contributed by atoms with van der Waals surface area (Å²) in [6.45, 7) is 5.03. The lowest BCUT2D eigenvalue weighted by atomic mass is 10.1. The number of ether oxygens (including phenoxy) is 3. The molecule has 0 amide bonds. The molecule has 0 saturated heterocycles. The van der Waals surface area contributed by atoms with Crippen LogP contribution < -0.4 is 0 Å². The van der Waals surface area contributed by atoms with Gasteiger partial charge in [0.1, 0.15) is 18.3 Å². The summed E-state index contributed by atoms with van der Waals surface area (Å²) in [5, 5.41) is 12.5. The van der Waals surface area contributed by atoms with Gasteiger partial charge in [-0.3, -0.25) is 0 Å². The Kier molecular flexibility index (Phi) is 9.68. The van der Waals surface area contributed by atoms with E-state index in [1.165, 1.54) is 6.21 Å². The average Bonchev–Trinajstić information content (AvgIpc) is 2.86. The molecule has 0 spiro atoms. The van der Waals surface area contributed by atoms with Crippen LogP contribution in [0.5, 0.6) is 0 Å². The van der Waals surface area contributed by atoms with Gasteiger partial charge in [-0.2, -0.15) is 0 Å². The van der Waals surface area contributed by atoms with Crippen LogP contribution in [-0.4, -0.2) is 29.7 Å². The van der Waals surface area contributed by atoms with E-state index in [1.54, 1.807) is 6.08 Å². The van der Waals surface area contributed by atoms with Crippen molar-refractivity contribution in [2.45, 2.75) is 38.1 Å². The summed E-state index contributed by atoms with van der Waals surface area (Å²) in [5.74, 6) is 0. The molecule has 166 valence electrons. The molecule has 3 atom stereocenters. The maximum atomic E-state index is 9.30. The fraction of sp³-hybridized carbons (Fsp3) is 0.222. The number of hydrogen-bond acceptors (Lipinski definition) is 5. The summed E-state index contributed by atoms with van der Waals surface area (Å²) in [6.07, 6.45) is 1.32. The molecule has 32 heavy (non-hydrogen) atoms. The monoisotopic (exact) mass is 431 g/mol. The first-order chi connectivity index (χ1) is 15.8. The summed E-state index contributed by atoms with van der Waals surface area (Å²) in [4.78, 5) is 0. The van der Waals surface area contributed by atoms with E-state index in [1.807, 2.05) is 91.0 Å². The Balaban J connectivity index is 1.75. The van der Waals surface area contributed by atoms with E-state index in [2.05, 4.69) is 11.7 Å². The van der Waals surface area contributed by atoms with E-state index in [0.29, 0.717) is 19.8 Å². The average molecular weight is 432 g/mol. The van der Waals surface area contributed by atoms with Gasteiger partial charge >= 0.3 is 0 Å². The molecule has 3 rings (SSSR count). The van der Waals surface area contributed by atoms with Crippen LogP contribution in [0.25, 0.3) is 0 Å². The highest BCUT2D eigenvalue weighted by Crippen LogP contribution is 2.18. The maximum absolute atomic E-state index is 9.30. The first kappa shape index (κ1) is 23.4. The number of rotatable bonds is 13. The Labute approximate surface area is 189 Å². The van der Waals surface area contributed by atoms with E-state index < -0.39 is 18.3 Å². The van der Waals surface area contributed by atoms with E-state index in [0.717, 1.165) is 16.7 Å². The van der Waals surface area contributed by atoms with E-state index in [-0.39, 0.29) is 0 Å². The molecule has 0 aliphatic rings. The first-order valence-electron chi connectivity index (χ1n) is 10.6. The van der Waals surface area contributed by atoms with Crippen molar-refractivity contribution in [3.05, 3.63) is 120 Å². The van der Waals surface area contributed by atoms with Gasteiger partial charge in [-0.25, -0.2) is 0 Å². The van der Waals surface area contributed by atoms with Crippen molar-refractivity contribution in [3.63, 3.8) is 0 Å². The molecule has 0 bridgehead atoms. The molecular formula is C27H29NO4. The lowest BCUT2D eigenvalue weighted by Gasteiger charge is -2.30. The summed E-state index contributed by atoms with van der Waals surface area (Å²) < 4.78 is 18.5. The van der Waals surface area contributed by atoms with Gasteiger partial charge in [0.2, 0.25) is 0 Å². The Morgan fingerprint density at radius 3 is 1.47 bits per heavy atom. The minimum atomic E-state index is -0.650. The lowest BCUT2D eigenvalue weighted by Crippen LogP contribution is -2.42. The molecule has 0 aromatic heterocycles. The Morgan fingerprint density at radius 2 is 1.06 bits per heavy atom. The second-order valence-corrected chi connectivity index (χ2v) is 7.28. The molecule has 5 heteroatoms. The van der Waals surface area contributed by atoms with Crippen molar-refractivity contribution in [1.29, 1.82) is 0 Å². The number of nitrogens with zero attached hydrogens (tertiary/aromatic N) is 1. The Morgan fingerprint density at radius 1 is 0.656 bits per heavy atom. The van der Waals surface area contributed by atoms with Crippen molar-refractivity contribution in [2.75, 3.05) is 0 Å². The molecule has 0 radical (unpaired) electrons. The lowest BCUT2D eigenvalue weighted by molar-refractivity contribution is -0.116. The molecule has 0 aliphatic carbocycles. The molecular weight excluding hydrogens is 402 g/mol. The van der Waals surface area contributed by atoms with E-state index >= 15 is 0 Å². The molecule has 0 aliphatic heterocycles. The smallest absolute Gasteiger partial charge is 0.125 e. The summed E-state index contributed by atoms with van der Waals surface area (Å²) in [6, 6.07) is 29.6. The Bertz CT molecular complexity index is 932. The van der Waals surface area contributed by atoms with Crippen LogP contribution in [0.3, 0.4) is 0 Å². The van der Waals surface area contributed by atoms with Crippen LogP contribution in [0.4, 0.5) is 0 Å². The van der Waals surface area contributed by atoms with Crippen LogP contribution in [0.2, 0.25) is 0 Å². The zero-order valence-corrected chi connectivity index (χ0v) is 18.0. The normalized spacial score (nSPS) is 14.1. The minimum absolute atomic E-state index is 0.339. The molecule has 3 aromatic carbocycles. The fourth-order valence-corrected chi connectivity index (χ4v) is 3.26. The highest BCUT2D eigenvalue weighted by Gasteiger charge is 2.30. The maximum Gasteiger partial charge on any atom is 0.125 e. The summed E-state index contributed by atoms with van der Waals surface area (Å²) >= 11 is 0. The van der Waals surface area contributed by atoms with Crippen molar-refractivity contribution in [3.8, 4) is 0 Å². The first-order valence-corrected chi connectivity index (χ1v) is 10.6. The second-order valence-electron chi connectivity index (χ2n) is 7.28. The molecule has 3 aromatic rings. The predicted molar refractivity (Wildman–Crippen MR) is 126 cm³/mol. The third-order valence-corrected chi connectivity index (χ3v) is 4.95. The predicted octanol–water partition coefficient (Wildman–Crippen LogP) is 5.39. The van der Waals surface area contributed by atoms with Crippen LogP contribution in [0.1, 0.15) is 16.7 Å². The largest absolute Gasteiger partial charge is 0.411 e. The molecule has 1 N–H and O–H groups in total. The highest BCUT2D eigenvalue weighted by atomic mass is 16.6. The highest BCUT2D eigenvalue weighted by molar-refractivity contribution is 5.63. The van der Waals surface area contributed by atoms with Crippen molar-refractivity contribution in [2.24, 2.45) is 5.16 Å². The van der Waals surface area contributed by atoms with Crippen LogP contribution in [0.15, 0.2) is 109 Å². The summed E-state index contributed by atoms with van der Waals surface area (Å²) in [5.41, 5.74) is 3.07. The zero-order valence-electron chi connectivity index (χ0n) is 18.0. The van der Waals surface area contributed by atoms with Gasteiger partial charge in [0.05, 0.1) is 26.0 Å². The Hall–Kier alpha value is -3.25. The third kappa shape index (κ3) is 7.46. The van der Waals surface area contributed by atoms with E-state index in [9.17, 15) is 5.21 Å². The van der Waals surface area contributed by atoms with E-state index in [4.69, 9.17) is 14.2 Å². The minimum Gasteiger partial charge on any atom is -0.411 e. The standard InChI is InChI=1S/C27H29NO4/c1-2-25(30-19-22-12-6-3-7-13-22)27(32-21-24-16-10-5-11-17-24)26(18-28-29)31-20-23-14-8-4-9-15-23/h2-18,25-27,29H,1,19-21H2/b28-18+/t25-,26-,27+/m1/s1. The van der Waals surface area contributed by atoms with Crippen LogP contribution in [0, 0.1) is 0 Å². The van der Waals surface area contributed by atoms with Gasteiger partial charge in [-0.15, -0.1) is 6.58 Å². The van der Waals surface area contributed by atoms with Crippen molar-refractivity contribution >= 4 is 6.21 Å². The fourth-order valence-electron chi connectivity index (χ4n) is 3.26.